The molecule has 0 aliphatic carbocycles. The second-order valence-corrected chi connectivity index (χ2v) is 9.26. The smallest absolute Gasteiger partial charge is 0.235 e. The monoisotopic (exact) mass is 466 g/mol. The van der Waals surface area contributed by atoms with Gasteiger partial charge in [0, 0.05) is 44.5 Å². The number of methoxy groups -OCH3 is 1. The van der Waals surface area contributed by atoms with Crippen molar-refractivity contribution >= 4 is 34.5 Å². The van der Waals surface area contributed by atoms with E-state index in [0.717, 1.165) is 46.7 Å². The lowest BCUT2D eigenvalue weighted by atomic mass is 10.1. The zero-order valence-corrected chi connectivity index (χ0v) is 19.1. The number of nitrogens with zero attached hydrogens (tertiary/aromatic N) is 4. The first-order valence-corrected chi connectivity index (χ1v) is 11.9. The zero-order chi connectivity index (χ0) is 22.8. The lowest BCUT2D eigenvalue weighted by Gasteiger charge is -2.18. The third-order valence-corrected chi connectivity index (χ3v) is 7.04. The molecule has 33 heavy (non-hydrogen) atoms. The number of rotatable bonds is 7. The largest absolute Gasteiger partial charge is 0.481 e. The summed E-state index contributed by atoms with van der Waals surface area (Å²) in [5.74, 6) is 1.60. The molecule has 5 heterocycles. The topological polar surface area (TPSA) is 113 Å². The number of nitrogens with one attached hydrogen (secondary N) is 2. The minimum atomic E-state index is -0.453. The maximum atomic E-state index is 11.6. The molecule has 0 aromatic carbocycles. The first-order valence-electron chi connectivity index (χ1n) is 10.9. The van der Waals surface area contributed by atoms with E-state index in [-0.39, 0.29) is 11.9 Å². The van der Waals surface area contributed by atoms with Crippen LogP contribution in [0.2, 0.25) is 0 Å². The summed E-state index contributed by atoms with van der Waals surface area (Å²) < 4.78 is 5.27. The fourth-order valence-corrected chi connectivity index (χ4v) is 5.00. The molecule has 0 unspecified atom stereocenters. The molecular weight excluding hydrogens is 440 g/mol. The molecule has 0 bridgehead atoms. The minimum absolute atomic E-state index is 0.0254. The molecule has 5 rings (SSSR count). The van der Waals surface area contributed by atoms with Crippen molar-refractivity contribution in [1.29, 1.82) is 0 Å². The maximum Gasteiger partial charge on any atom is 0.235 e. The number of β-amino-alcohol motifs (C(OH)–C–C–N with tert-alkyl or cyclic N) is 1. The predicted octanol–water partition coefficient (Wildman–Crippen LogP) is 1.45. The van der Waals surface area contributed by atoms with Crippen LogP contribution in [0.4, 0.5) is 5.82 Å². The normalized spacial score (nSPS) is 20.6. The fraction of sp³-hybridized carbons (Fsp3) is 0.391. The van der Waals surface area contributed by atoms with Crippen LogP contribution in [0, 0.1) is 0 Å². The number of aromatic nitrogens is 3. The highest BCUT2D eigenvalue weighted by molar-refractivity contribution is 8.00. The quantitative estimate of drug-likeness (QED) is 0.476. The van der Waals surface area contributed by atoms with Crippen LogP contribution in [0.5, 0.6) is 5.88 Å². The Kier molecular flexibility index (Phi) is 6.41. The minimum Gasteiger partial charge on any atom is -0.481 e. The average Bonchev–Trinajstić information content (AvgIpc) is 3.19. The molecule has 2 aliphatic heterocycles. The number of aliphatic hydroxyl groups is 1. The highest BCUT2D eigenvalue weighted by atomic mass is 32.2. The third-order valence-electron chi connectivity index (χ3n) is 5.99. The van der Waals surface area contributed by atoms with Gasteiger partial charge >= 0.3 is 0 Å². The molecule has 0 saturated carbocycles. The van der Waals surface area contributed by atoms with Gasteiger partial charge in [0.05, 0.1) is 40.6 Å². The maximum absolute atomic E-state index is 11.6. The van der Waals surface area contributed by atoms with Crippen molar-refractivity contribution < 1.29 is 14.6 Å². The van der Waals surface area contributed by atoms with Gasteiger partial charge in [-0.1, -0.05) is 0 Å². The molecule has 3 N–H and O–H groups in total. The summed E-state index contributed by atoms with van der Waals surface area (Å²) in [5, 5.41) is 16.8. The lowest BCUT2D eigenvalue weighted by molar-refractivity contribution is -0.113. The Morgan fingerprint density at radius 2 is 2.15 bits per heavy atom. The number of fused-ring (bicyclic) bond motifs is 2. The summed E-state index contributed by atoms with van der Waals surface area (Å²) in [4.78, 5) is 28.4. The first kappa shape index (κ1) is 22.0. The third kappa shape index (κ3) is 4.93. The molecule has 1 saturated heterocycles. The standard InChI is InChI=1S/C23H26N6O3S/c1-32-21-5-3-16-22(28-21)14(6-8-24-16)7-9-29-11-17(18(30)12-29)25-10-15-2-4-19-23(26-15)27-20(31)13-33-19/h2-6,8,17-18,25,30H,7,9-13H2,1H3,(H,26,27,31)/t17-,18+/m1/s1. The van der Waals surface area contributed by atoms with E-state index in [1.54, 1.807) is 7.11 Å². The first-order chi connectivity index (χ1) is 16.1. The number of pyridine rings is 3. The van der Waals surface area contributed by atoms with E-state index in [1.165, 1.54) is 11.8 Å². The second-order valence-electron chi connectivity index (χ2n) is 8.24. The molecule has 3 aromatic heterocycles. The van der Waals surface area contributed by atoms with Gasteiger partial charge in [-0.05, 0) is 36.2 Å². The van der Waals surface area contributed by atoms with E-state index in [2.05, 4.69) is 30.5 Å². The molecule has 9 nitrogen and oxygen atoms in total. The van der Waals surface area contributed by atoms with Gasteiger partial charge in [-0.25, -0.2) is 9.97 Å². The summed E-state index contributed by atoms with van der Waals surface area (Å²) in [6, 6.07) is 9.64. The van der Waals surface area contributed by atoms with E-state index in [0.29, 0.717) is 30.5 Å². The van der Waals surface area contributed by atoms with Crippen LogP contribution in [-0.4, -0.2) is 75.5 Å². The Bertz CT molecular complexity index is 1180. The summed E-state index contributed by atoms with van der Waals surface area (Å²) in [5.41, 5.74) is 3.66. The van der Waals surface area contributed by atoms with E-state index in [1.807, 2.05) is 36.5 Å². The van der Waals surface area contributed by atoms with E-state index >= 15 is 0 Å². The van der Waals surface area contributed by atoms with Crippen LogP contribution in [0.25, 0.3) is 11.0 Å². The number of anilines is 1. The number of hydrogen-bond donors (Lipinski definition) is 3. The summed E-state index contributed by atoms with van der Waals surface area (Å²) in [6.07, 6.45) is 2.16. The van der Waals surface area contributed by atoms with Crippen molar-refractivity contribution in [3.63, 3.8) is 0 Å². The number of carbonyl (C=O) groups excluding carboxylic acids is 1. The molecular formula is C23H26N6O3S. The SMILES string of the molecule is COc1ccc2nccc(CCN3C[C@H](O)[C@H](NCc4ccc5c(n4)NC(=O)CS5)C3)c2n1. The number of carbonyl (C=O) groups is 1. The Morgan fingerprint density at radius 1 is 1.24 bits per heavy atom. The van der Waals surface area contributed by atoms with Crippen molar-refractivity contribution in [2.75, 3.05) is 37.8 Å². The molecule has 172 valence electrons. The van der Waals surface area contributed by atoms with Gasteiger partial charge < -0.3 is 20.5 Å². The van der Waals surface area contributed by atoms with Crippen LogP contribution in [0.1, 0.15) is 11.3 Å². The molecule has 1 amide bonds. The Balaban J connectivity index is 1.18. The van der Waals surface area contributed by atoms with E-state index in [9.17, 15) is 9.90 Å². The Morgan fingerprint density at radius 3 is 3.03 bits per heavy atom. The van der Waals surface area contributed by atoms with Crippen LogP contribution >= 0.6 is 11.8 Å². The van der Waals surface area contributed by atoms with Crippen LogP contribution in [0.15, 0.2) is 41.4 Å². The van der Waals surface area contributed by atoms with Crippen molar-refractivity contribution in [3.05, 3.63) is 47.8 Å². The average molecular weight is 467 g/mol. The molecule has 1 fully saturated rings. The number of hydrogen-bond acceptors (Lipinski definition) is 9. The second kappa shape index (κ2) is 9.60. The van der Waals surface area contributed by atoms with Crippen LogP contribution in [-0.2, 0) is 17.8 Å². The Labute approximate surface area is 196 Å². The van der Waals surface area contributed by atoms with E-state index < -0.39 is 6.10 Å². The number of ether oxygens (including phenoxy) is 1. The van der Waals surface area contributed by atoms with Gasteiger partial charge in [0.15, 0.2) is 0 Å². The van der Waals surface area contributed by atoms with Crippen molar-refractivity contribution in [2.24, 2.45) is 0 Å². The van der Waals surface area contributed by atoms with Gasteiger partial charge in [0.25, 0.3) is 0 Å². The fourth-order valence-electron chi connectivity index (χ4n) is 4.24. The number of likely N-dealkylation sites (tertiary alicyclic amines) is 1. The van der Waals surface area contributed by atoms with Crippen molar-refractivity contribution in [1.82, 2.24) is 25.2 Å². The molecule has 10 heteroatoms. The number of amides is 1. The molecule has 2 aliphatic rings. The van der Waals surface area contributed by atoms with Crippen molar-refractivity contribution in [3.8, 4) is 5.88 Å². The molecule has 0 radical (unpaired) electrons. The zero-order valence-electron chi connectivity index (χ0n) is 18.3. The van der Waals surface area contributed by atoms with Gasteiger partial charge in [-0.3, -0.25) is 14.7 Å². The molecule has 3 aromatic rings. The van der Waals surface area contributed by atoms with Crippen molar-refractivity contribution in [2.45, 2.75) is 30.0 Å². The van der Waals surface area contributed by atoms with Gasteiger partial charge in [0.2, 0.25) is 11.8 Å². The van der Waals surface area contributed by atoms with E-state index in [4.69, 9.17) is 4.74 Å². The van der Waals surface area contributed by atoms with Gasteiger partial charge in [0.1, 0.15) is 5.82 Å². The predicted molar refractivity (Wildman–Crippen MR) is 126 cm³/mol. The highest BCUT2D eigenvalue weighted by Crippen LogP contribution is 2.29. The summed E-state index contributed by atoms with van der Waals surface area (Å²) >= 11 is 1.50. The van der Waals surface area contributed by atoms with Crippen LogP contribution < -0.4 is 15.4 Å². The number of thioether (sulfide) groups is 1. The lowest BCUT2D eigenvalue weighted by Crippen LogP contribution is -2.39. The number of aliphatic hydroxyl groups excluding tert-OH is 1. The summed E-state index contributed by atoms with van der Waals surface area (Å²) in [7, 11) is 1.61. The van der Waals surface area contributed by atoms with Crippen LogP contribution in [0.3, 0.4) is 0 Å². The summed E-state index contributed by atoms with van der Waals surface area (Å²) in [6.45, 7) is 2.70. The molecule has 0 spiro atoms. The highest BCUT2D eigenvalue weighted by Gasteiger charge is 2.30. The Hall–Kier alpha value is -2.79. The van der Waals surface area contributed by atoms with Gasteiger partial charge in [-0.2, -0.15) is 0 Å². The molecule has 2 atom stereocenters. The van der Waals surface area contributed by atoms with Gasteiger partial charge in [-0.15, -0.1) is 11.8 Å².